The molecular formula is C13H20N2O. The Kier molecular flexibility index (Phi) is 3.67. The Hall–Kier alpha value is -1.22. The molecular weight excluding hydrogens is 200 g/mol. The van der Waals surface area contributed by atoms with E-state index >= 15 is 0 Å². The number of rotatable bonds is 3. The van der Waals surface area contributed by atoms with Crippen LogP contribution in [-0.4, -0.2) is 19.8 Å². The van der Waals surface area contributed by atoms with Gasteiger partial charge in [0.2, 0.25) is 0 Å². The van der Waals surface area contributed by atoms with Gasteiger partial charge in [-0.05, 0) is 43.4 Å². The van der Waals surface area contributed by atoms with Crippen LogP contribution in [0.15, 0.2) is 18.2 Å². The minimum Gasteiger partial charge on any atom is -0.397 e. The summed E-state index contributed by atoms with van der Waals surface area (Å²) in [5.41, 5.74) is 9.05. The normalized spacial score (nSPS) is 17.3. The molecule has 3 N–H and O–H groups in total. The molecule has 0 unspecified atom stereocenters. The lowest BCUT2D eigenvalue weighted by Crippen LogP contribution is -2.22. The summed E-state index contributed by atoms with van der Waals surface area (Å²) >= 11 is 0. The topological polar surface area (TPSA) is 47.3 Å². The molecule has 0 atom stereocenters. The van der Waals surface area contributed by atoms with Gasteiger partial charge in [0.15, 0.2) is 0 Å². The standard InChI is InChI=1S/C13H20N2O/c1-10-2-3-12(14)13(8-10)15-9-11-4-6-16-7-5-11/h2-3,8,11,15H,4-7,9,14H2,1H3. The fourth-order valence-electron chi connectivity index (χ4n) is 2.03. The van der Waals surface area contributed by atoms with Gasteiger partial charge < -0.3 is 15.8 Å². The van der Waals surface area contributed by atoms with Gasteiger partial charge in [-0.15, -0.1) is 0 Å². The number of nitrogens with two attached hydrogens (primary N) is 1. The summed E-state index contributed by atoms with van der Waals surface area (Å²) in [5, 5.41) is 3.44. The number of aryl methyl sites for hydroxylation is 1. The number of hydrogen-bond acceptors (Lipinski definition) is 3. The third kappa shape index (κ3) is 2.89. The molecule has 1 aromatic carbocycles. The maximum absolute atomic E-state index is 5.92. The van der Waals surface area contributed by atoms with Gasteiger partial charge in [-0.2, -0.15) is 0 Å². The van der Waals surface area contributed by atoms with E-state index in [4.69, 9.17) is 10.5 Å². The van der Waals surface area contributed by atoms with Crippen molar-refractivity contribution in [2.45, 2.75) is 19.8 Å². The summed E-state index contributed by atoms with van der Waals surface area (Å²) in [6, 6.07) is 6.10. The maximum Gasteiger partial charge on any atom is 0.0576 e. The van der Waals surface area contributed by atoms with E-state index in [-0.39, 0.29) is 0 Å². The van der Waals surface area contributed by atoms with Crippen molar-refractivity contribution in [3.63, 3.8) is 0 Å². The van der Waals surface area contributed by atoms with Crippen molar-refractivity contribution < 1.29 is 4.74 Å². The van der Waals surface area contributed by atoms with E-state index in [0.717, 1.165) is 44.0 Å². The quantitative estimate of drug-likeness (QED) is 0.769. The maximum atomic E-state index is 5.92. The van der Waals surface area contributed by atoms with Crippen LogP contribution in [0.3, 0.4) is 0 Å². The van der Waals surface area contributed by atoms with Gasteiger partial charge in [0.05, 0.1) is 11.4 Å². The summed E-state index contributed by atoms with van der Waals surface area (Å²) in [4.78, 5) is 0. The minimum absolute atomic E-state index is 0.716. The van der Waals surface area contributed by atoms with Crippen LogP contribution in [0.25, 0.3) is 0 Å². The van der Waals surface area contributed by atoms with E-state index in [9.17, 15) is 0 Å². The lowest BCUT2D eigenvalue weighted by Gasteiger charge is -2.23. The third-order valence-corrected chi connectivity index (χ3v) is 3.13. The van der Waals surface area contributed by atoms with Gasteiger partial charge in [0, 0.05) is 19.8 Å². The highest BCUT2D eigenvalue weighted by atomic mass is 16.5. The van der Waals surface area contributed by atoms with Crippen LogP contribution in [-0.2, 0) is 4.74 Å². The van der Waals surface area contributed by atoms with Crippen molar-refractivity contribution in [1.29, 1.82) is 0 Å². The minimum atomic E-state index is 0.716. The van der Waals surface area contributed by atoms with Crippen LogP contribution in [0.2, 0.25) is 0 Å². The SMILES string of the molecule is Cc1ccc(N)c(NCC2CCOCC2)c1. The molecule has 0 aromatic heterocycles. The molecule has 1 aliphatic heterocycles. The number of ether oxygens (including phenoxy) is 1. The largest absolute Gasteiger partial charge is 0.397 e. The van der Waals surface area contributed by atoms with Crippen LogP contribution in [0, 0.1) is 12.8 Å². The highest BCUT2D eigenvalue weighted by Crippen LogP contribution is 2.21. The van der Waals surface area contributed by atoms with Gasteiger partial charge in [0.1, 0.15) is 0 Å². The van der Waals surface area contributed by atoms with Crippen molar-refractivity contribution in [1.82, 2.24) is 0 Å². The average Bonchev–Trinajstić information content (AvgIpc) is 2.32. The molecule has 88 valence electrons. The lowest BCUT2D eigenvalue weighted by molar-refractivity contribution is 0.0699. The molecule has 0 amide bonds. The van der Waals surface area contributed by atoms with E-state index in [2.05, 4.69) is 18.3 Å². The molecule has 3 nitrogen and oxygen atoms in total. The Balaban J connectivity index is 1.90. The van der Waals surface area contributed by atoms with Crippen LogP contribution in [0.5, 0.6) is 0 Å². The molecule has 0 spiro atoms. The van der Waals surface area contributed by atoms with Gasteiger partial charge in [-0.1, -0.05) is 6.07 Å². The number of hydrogen-bond donors (Lipinski definition) is 2. The van der Waals surface area contributed by atoms with E-state index in [0.29, 0.717) is 5.92 Å². The average molecular weight is 220 g/mol. The fraction of sp³-hybridized carbons (Fsp3) is 0.538. The van der Waals surface area contributed by atoms with E-state index in [1.54, 1.807) is 0 Å². The van der Waals surface area contributed by atoms with E-state index in [1.807, 2.05) is 12.1 Å². The summed E-state index contributed by atoms with van der Waals surface area (Å²) in [6.07, 6.45) is 2.30. The van der Waals surface area contributed by atoms with Crippen molar-refractivity contribution in [2.24, 2.45) is 5.92 Å². The number of anilines is 2. The van der Waals surface area contributed by atoms with Gasteiger partial charge in [-0.25, -0.2) is 0 Å². The Bertz CT molecular complexity index is 346. The van der Waals surface area contributed by atoms with Gasteiger partial charge >= 0.3 is 0 Å². The molecule has 1 fully saturated rings. The summed E-state index contributed by atoms with van der Waals surface area (Å²) < 4.78 is 5.34. The molecule has 2 rings (SSSR count). The fourth-order valence-corrected chi connectivity index (χ4v) is 2.03. The Morgan fingerprint density at radius 2 is 2.12 bits per heavy atom. The molecule has 1 aromatic rings. The molecule has 16 heavy (non-hydrogen) atoms. The zero-order valence-corrected chi connectivity index (χ0v) is 9.83. The number of nitrogens with one attached hydrogen (secondary N) is 1. The molecule has 1 saturated heterocycles. The van der Waals surface area contributed by atoms with Crippen molar-refractivity contribution in [3.8, 4) is 0 Å². The molecule has 0 aliphatic carbocycles. The first-order chi connectivity index (χ1) is 7.75. The van der Waals surface area contributed by atoms with Gasteiger partial charge in [-0.3, -0.25) is 0 Å². The first-order valence-corrected chi connectivity index (χ1v) is 5.93. The molecule has 0 radical (unpaired) electrons. The zero-order chi connectivity index (χ0) is 11.4. The second-order valence-electron chi connectivity index (χ2n) is 4.53. The highest BCUT2D eigenvalue weighted by molar-refractivity contribution is 5.66. The second-order valence-corrected chi connectivity index (χ2v) is 4.53. The van der Waals surface area contributed by atoms with Crippen LogP contribution < -0.4 is 11.1 Å². The lowest BCUT2D eigenvalue weighted by atomic mass is 10.0. The highest BCUT2D eigenvalue weighted by Gasteiger charge is 2.13. The van der Waals surface area contributed by atoms with Crippen molar-refractivity contribution >= 4 is 11.4 Å². The Labute approximate surface area is 97.0 Å². The van der Waals surface area contributed by atoms with Crippen LogP contribution >= 0.6 is 0 Å². The second kappa shape index (κ2) is 5.21. The number of nitrogen functional groups attached to an aromatic ring is 1. The van der Waals surface area contributed by atoms with Gasteiger partial charge in [0.25, 0.3) is 0 Å². The predicted molar refractivity (Wildman–Crippen MR) is 67.6 cm³/mol. The van der Waals surface area contributed by atoms with Crippen LogP contribution in [0.1, 0.15) is 18.4 Å². The molecule has 0 saturated carbocycles. The Morgan fingerprint density at radius 3 is 2.88 bits per heavy atom. The third-order valence-electron chi connectivity index (χ3n) is 3.13. The summed E-state index contributed by atoms with van der Waals surface area (Å²) in [5.74, 6) is 0.716. The molecule has 1 aliphatic rings. The Morgan fingerprint density at radius 1 is 1.38 bits per heavy atom. The zero-order valence-electron chi connectivity index (χ0n) is 9.83. The molecule has 1 heterocycles. The first kappa shape index (κ1) is 11.3. The van der Waals surface area contributed by atoms with E-state index in [1.165, 1.54) is 5.56 Å². The smallest absolute Gasteiger partial charge is 0.0576 e. The van der Waals surface area contributed by atoms with Crippen LogP contribution in [0.4, 0.5) is 11.4 Å². The predicted octanol–water partition coefficient (Wildman–Crippen LogP) is 2.42. The number of benzene rings is 1. The summed E-state index contributed by atoms with van der Waals surface area (Å²) in [7, 11) is 0. The van der Waals surface area contributed by atoms with E-state index < -0.39 is 0 Å². The summed E-state index contributed by atoms with van der Waals surface area (Å²) in [6.45, 7) is 4.88. The first-order valence-electron chi connectivity index (χ1n) is 5.93. The monoisotopic (exact) mass is 220 g/mol. The van der Waals surface area contributed by atoms with Crippen molar-refractivity contribution in [3.05, 3.63) is 23.8 Å². The van der Waals surface area contributed by atoms with Crippen molar-refractivity contribution in [2.75, 3.05) is 30.8 Å². The molecule has 3 heteroatoms. The molecule has 0 bridgehead atoms.